The quantitative estimate of drug-likeness (QED) is 0.324. The van der Waals surface area contributed by atoms with Crippen molar-refractivity contribution in [2.45, 2.75) is 39.3 Å². The average Bonchev–Trinajstić information content (AvgIpc) is 3.27. The highest BCUT2D eigenvalue weighted by molar-refractivity contribution is 6.05. The van der Waals surface area contributed by atoms with Crippen LogP contribution in [0.5, 0.6) is 0 Å². The van der Waals surface area contributed by atoms with Crippen LogP contribution in [0.25, 0.3) is 11.3 Å². The number of Topliss-reactive ketones (excluding diaryl/α,β-unsaturated/α-hetero) is 1. The second-order valence-electron chi connectivity index (χ2n) is 10.6. The molecule has 0 fully saturated rings. The number of hydrogen-bond donors (Lipinski definition) is 2. The highest BCUT2D eigenvalue weighted by Gasteiger charge is 2.34. The Morgan fingerprint density at radius 1 is 1.05 bits per heavy atom. The normalized spacial score (nSPS) is 13.1. The lowest BCUT2D eigenvalue weighted by Crippen LogP contribution is -2.42. The molecule has 2 amide bonds. The van der Waals surface area contributed by atoms with Crippen LogP contribution in [-0.2, 0) is 17.7 Å². The molecule has 204 valence electrons. The lowest BCUT2D eigenvalue weighted by atomic mass is 9.93. The van der Waals surface area contributed by atoms with Crippen LogP contribution in [0.1, 0.15) is 58.3 Å². The molecule has 0 atom stereocenters. The summed E-state index contributed by atoms with van der Waals surface area (Å²) in [6.45, 7) is 5.45. The Bertz CT molecular complexity index is 1570. The van der Waals surface area contributed by atoms with Gasteiger partial charge in [-0.15, -0.1) is 0 Å². The standard InChI is InChI=1S/C31H29FN4O4/c1-31(2,3)40-30(39)36-17-24-27(25(37)18-36)23(15-19-7-5-4-6-8-19)28(34-24)21-13-14-33-26(16-21)35-29(38)20-9-11-22(32)12-10-20/h4-14,16,34H,15,17-18H2,1-3H3,(H,33,35,38). The molecule has 5 rings (SSSR count). The van der Waals surface area contributed by atoms with Gasteiger partial charge in [-0.05, 0) is 68.3 Å². The van der Waals surface area contributed by atoms with Crippen LogP contribution in [0.15, 0.2) is 72.9 Å². The number of halogens is 1. The maximum absolute atomic E-state index is 13.4. The molecule has 40 heavy (non-hydrogen) atoms. The SMILES string of the molecule is CC(C)(C)OC(=O)N1CC(=O)c2c([nH]c(-c3ccnc(NC(=O)c4ccc(F)cc4)c3)c2Cc2ccccc2)C1. The zero-order valence-corrected chi connectivity index (χ0v) is 22.5. The lowest BCUT2D eigenvalue weighted by molar-refractivity contribution is 0.0218. The predicted molar refractivity (Wildman–Crippen MR) is 149 cm³/mol. The number of aromatic amines is 1. The molecule has 1 aliphatic heterocycles. The molecule has 2 N–H and O–H groups in total. The topological polar surface area (TPSA) is 104 Å². The number of ether oxygens (including phenoxy) is 1. The van der Waals surface area contributed by atoms with Crippen molar-refractivity contribution in [3.63, 3.8) is 0 Å². The van der Waals surface area contributed by atoms with Crippen molar-refractivity contribution < 1.29 is 23.5 Å². The van der Waals surface area contributed by atoms with E-state index in [0.717, 1.165) is 11.1 Å². The summed E-state index contributed by atoms with van der Waals surface area (Å²) < 4.78 is 18.8. The molecule has 3 heterocycles. The summed E-state index contributed by atoms with van der Waals surface area (Å²) in [4.78, 5) is 48.0. The third-order valence-corrected chi connectivity index (χ3v) is 6.42. The van der Waals surface area contributed by atoms with E-state index in [-0.39, 0.29) is 18.9 Å². The molecule has 0 radical (unpaired) electrons. The number of benzene rings is 2. The molecule has 0 unspecified atom stereocenters. The zero-order chi connectivity index (χ0) is 28.4. The Hall–Kier alpha value is -4.79. The molecule has 9 heteroatoms. The average molecular weight is 541 g/mol. The first-order chi connectivity index (χ1) is 19.1. The van der Waals surface area contributed by atoms with Crippen molar-refractivity contribution in [1.29, 1.82) is 0 Å². The molecule has 0 spiro atoms. The second kappa shape index (κ2) is 10.8. The van der Waals surface area contributed by atoms with Gasteiger partial charge in [0.25, 0.3) is 5.91 Å². The van der Waals surface area contributed by atoms with E-state index < -0.39 is 23.4 Å². The van der Waals surface area contributed by atoms with Crippen LogP contribution in [0.3, 0.4) is 0 Å². The molecule has 0 saturated heterocycles. The molecule has 1 aliphatic rings. The van der Waals surface area contributed by atoms with Crippen LogP contribution in [0, 0.1) is 5.82 Å². The number of hydrogen-bond acceptors (Lipinski definition) is 5. The molecule has 0 bridgehead atoms. The zero-order valence-electron chi connectivity index (χ0n) is 22.5. The number of anilines is 1. The summed E-state index contributed by atoms with van der Waals surface area (Å²) in [6, 6.07) is 18.5. The van der Waals surface area contributed by atoms with Gasteiger partial charge in [0.15, 0.2) is 5.78 Å². The molecule has 2 aromatic heterocycles. The van der Waals surface area contributed by atoms with E-state index in [0.29, 0.717) is 40.3 Å². The Morgan fingerprint density at radius 3 is 2.48 bits per heavy atom. The Kier molecular flexibility index (Phi) is 7.21. The first-order valence-corrected chi connectivity index (χ1v) is 12.9. The predicted octanol–water partition coefficient (Wildman–Crippen LogP) is 5.99. The Morgan fingerprint density at radius 2 is 1.77 bits per heavy atom. The fraction of sp³-hybridized carbons (Fsp3) is 0.226. The van der Waals surface area contributed by atoms with Gasteiger partial charge in [-0.1, -0.05) is 30.3 Å². The molecule has 2 aromatic carbocycles. The molecular weight excluding hydrogens is 511 g/mol. The van der Waals surface area contributed by atoms with Crippen LogP contribution < -0.4 is 5.32 Å². The molecule has 8 nitrogen and oxygen atoms in total. The molecule has 0 aliphatic carbocycles. The smallest absolute Gasteiger partial charge is 0.411 e. The van der Waals surface area contributed by atoms with E-state index in [2.05, 4.69) is 15.3 Å². The molecule has 0 saturated carbocycles. The first kappa shape index (κ1) is 26.8. The number of rotatable bonds is 5. The van der Waals surface area contributed by atoms with Gasteiger partial charge < -0.3 is 15.0 Å². The van der Waals surface area contributed by atoms with Gasteiger partial charge in [0.1, 0.15) is 17.2 Å². The number of amides is 2. The van der Waals surface area contributed by atoms with E-state index in [4.69, 9.17) is 4.74 Å². The second-order valence-corrected chi connectivity index (χ2v) is 10.6. The maximum Gasteiger partial charge on any atom is 0.411 e. The minimum Gasteiger partial charge on any atom is -0.444 e. The number of pyridine rings is 1. The van der Waals surface area contributed by atoms with Crippen molar-refractivity contribution in [3.05, 3.63) is 107 Å². The summed E-state index contributed by atoms with van der Waals surface area (Å²) in [5.41, 5.74) is 4.02. The maximum atomic E-state index is 13.4. The summed E-state index contributed by atoms with van der Waals surface area (Å²) in [5, 5.41) is 2.75. The van der Waals surface area contributed by atoms with Gasteiger partial charge in [-0.25, -0.2) is 14.2 Å². The van der Waals surface area contributed by atoms with Crippen molar-refractivity contribution >= 4 is 23.6 Å². The summed E-state index contributed by atoms with van der Waals surface area (Å²) in [5.74, 6) is -0.743. The van der Waals surface area contributed by atoms with E-state index in [9.17, 15) is 18.8 Å². The third kappa shape index (κ3) is 5.93. The highest BCUT2D eigenvalue weighted by atomic mass is 19.1. The summed E-state index contributed by atoms with van der Waals surface area (Å²) in [7, 11) is 0. The van der Waals surface area contributed by atoms with Gasteiger partial charge in [-0.3, -0.25) is 14.5 Å². The van der Waals surface area contributed by atoms with Crippen molar-refractivity contribution in [1.82, 2.24) is 14.9 Å². The monoisotopic (exact) mass is 540 g/mol. The Balaban J connectivity index is 1.50. The third-order valence-electron chi connectivity index (χ3n) is 6.42. The van der Waals surface area contributed by atoms with Crippen LogP contribution in [-0.4, -0.2) is 44.8 Å². The van der Waals surface area contributed by atoms with Crippen molar-refractivity contribution in [3.8, 4) is 11.3 Å². The van der Waals surface area contributed by atoms with E-state index in [1.807, 2.05) is 30.3 Å². The van der Waals surface area contributed by atoms with Gasteiger partial charge in [0, 0.05) is 35.0 Å². The van der Waals surface area contributed by atoms with Crippen LogP contribution >= 0.6 is 0 Å². The summed E-state index contributed by atoms with van der Waals surface area (Å²) >= 11 is 0. The number of nitrogens with one attached hydrogen (secondary N) is 2. The van der Waals surface area contributed by atoms with Crippen molar-refractivity contribution in [2.75, 3.05) is 11.9 Å². The summed E-state index contributed by atoms with van der Waals surface area (Å²) in [6.07, 6.45) is 1.50. The van der Waals surface area contributed by atoms with Gasteiger partial charge in [-0.2, -0.15) is 0 Å². The highest BCUT2D eigenvalue weighted by Crippen LogP contribution is 2.34. The number of carbonyl (C=O) groups excluding carboxylic acids is 3. The van der Waals surface area contributed by atoms with Crippen LogP contribution in [0.4, 0.5) is 15.0 Å². The van der Waals surface area contributed by atoms with Gasteiger partial charge >= 0.3 is 6.09 Å². The fourth-order valence-electron chi connectivity index (χ4n) is 4.67. The minimum absolute atomic E-state index is 0.0870. The number of H-pyrrole nitrogens is 1. The number of fused-ring (bicyclic) bond motifs is 1. The number of carbonyl (C=O) groups is 3. The van der Waals surface area contributed by atoms with Crippen LogP contribution in [0.2, 0.25) is 0 Å². The minimum atomic E-state index is -0.689. The van der Waals surface area contributed by atoms with Crippen molar-refractivity contribution in [2.24, 2.45) is 0 Å². The Labute approximate surface area is 231 Å². The van der Waals surface area contributed by atoms with E-state index in [1.165, 1.54) is 29.2 Å². The molecular formula is C31H29FN4O4. The van der Waals surface area contributed by atoms with Gasteiger partial charge in [0.2, 0.25) is 0 Å². The largest absolute Gasteiger partial charge is 0.444 e. The lowest BCUT2D eigenvalue weighted by Gasteiger charge is -2.29. The number of ketones is 1. The number of aromatic nitrogens is 2. The van der Waals surface area contributed by atoms with E-state index >= 15 is 0 Å². The molecule has 4 aromatic rings. The first-order valence-electron chi connectivity index (χ1n) is 12.9. The number of nitrogens with zero attached hydrogens (tertiary/aromatic N) is 2. The van der Waals surface area contributed by atoms with Gasteiger partial charge in [0.05, 0.1) is 18.8 Å². The fourth-order valence-corrected chi connectivity index (χ4v) is 4.67. The van der Waals surface area contributed by atoms with E-state index in [1.54, 1.807) is 39.1 Å².